The minimum atomic E-state index is -0.605. The summed E-state index contributed by atoms with van der Waals surface area (Å²) in [7, 11) is 1.71. The van der Waals surface area contributed by atoms with E-state index in [2.05, 4.69) is 26.0 Å². The van der Waals surface area contributed by atoms with Gasteiger partial charge < -0.3 is 14.2 Å². The molecule has 0 saturated heterocycles. The Bertz CT molecular complexity index is 246. The van der Waals surface area contributed by atoms with Crippen LogP contribution in [0.3, 0.4) is 0 Å². The maximum absolute atomic E-state index is 5.95. The molecule has 0 aromatic rings. The van der Waals surface area contributed by atoms with Gasteiger partial charge in [-0.1, -0.05) is 51.2 Å². The van der Waals surface area contributed by atoms with Crippen LogP contribution in [0.4, 0.5) is 0 Å². The molecule has 0 radical (unpaired) electrons. The van der Waals surface area contributed by atoms with E-state index in [0.717, 1.165) is 6.42 Å². The molecule has 0 fully saturated rings. The summed E-state index contributed by atoms with van der Waals surface area (Å²) >= 11 is 0. The maximum Gasteiger partial charge on any atom is 0.192 e. The van der Waals surface area contributed by atoms with Crippen molar-refractivity contribution in [3.63, 3.8) is 0 Å². The number of hydrogen-bond acceptors (Lipinski definition) is 3. The van der Waals surface area contributed by atoms with Crippen molar-refractivity contribution in [3.8, 4) is 0 Å². The van der Waals surface area contributed by atoms with Crippen molar-refractivity contribution in [3.05, 3.63) is 12.2 Å². The average Bonchev–Trinajstić information content (AvgIpc) is 2.48. The Balaban J connectivity index is 4.60. The summed E-state index contributed by atoms with van der Waals surface area (Å²) in [5, 5.41) is 0. The fourth-order valence-electron chi connectivity index (χ4n) is 3.00. The largest absolute Gasteiger partial charge is 0.379 e. The normalized spacial score (nSPS) is 13.9. The van der Waals surface area contributed by atoms with Gasteiger partial charge in [0.1, 0.15) is 6.61 Å². The van der Waals surface area contributed by atoms with E-state index in [1.165, 1.54) is 38.5 Å². The molecule has 0 bridgehead atoms. The number of ether oxygens (including phenoxy) is 3. The third-order valence-corrected chi connectivity index (χ3v) is 3.90. The fourth-order valence-corrected chi connectivity index (χ4v) is 3.00. The smallest absolute Gasteiger partial charge is 0.192 e. The van der Waals surface area contributed by atoms with Crippen molar-refractivity contribution in [2.24, 2.45) is 5.92 Å². The Kier molecular flexibility index (Phi) is 14.0. The van der Waals surface area contributed by atoms with Crippen LogP contribution in [-0.2, 0) is 14.2 Å². The highest BCUT2D eigenvalue weighted by Crippen LogP contribution is 2.28. The van der Waals surface area contributed by atoms with E-state index in [1.807, 2.05) is 13.8 Å². The van der Waals surface area contributed by atoms with Crippen molar-refractivity contribution in [2.45, 2.75) is 78.4 Å². The second-order valence-corrected chi connectivity index (χ2v) is 5.90. The van der Waals surface area contributed by atoms with E-state index in [9.17, 15) is 0 Å². The summed E-state index contributed by atoms with van der Waals surface area (Å²) < 4.78 is 17.3. The number of unbranched alkanes of at least 4 members (excludes halogenated alkanes) is 4. The molecule has 0 aromatic carbocycles. The molecule has 0 aliphatic carbocycles. The van der Waals surface area contributed by atoms with Gasteiger partial charge in [0.05, 0.1) is 0 Å². The van der Waals surface area contributed by atoms with Gasteiger partial charge in [0.2, 0.25) is 0 Å². The average molecular weight is 315 g/mol. The van der Waals surface area contributed by atoms with Crippen molar-refractivity contribution in [1.82, 2.24) is 0 Å². The summed E-state index contributed by atoms with van der Waals surface area (Å²) in [4.78, 5) is 0. The number of hydrogen-bond donors (Lipinski definition) is 0. The zero-order chi connectivity index (χ0) is 16.7. The number of methoxy groups -OCH3 is 1. The van der Waals surface area contributed by atoms with Crippen LogP contribution in [0.5, 0.6) is 0 Å². The Morgan fingerprint density at radius 2 is 1.59 bits per heavy atom. The van der Waals surface area contributed by atoms with Gasteiger partial charge in [-0.2, -0.15) is 0 Å². The molecule has 0 N–H and O–H groups in total. The van der Waals surface area contributed by atoms with E-state index in [-0.39, 0.29) is 0 Å². The lowest BCUT2D eigenvalue weighted by atomic mass is 9.92. The highest BCUT2D eigenvalue weighted by molar-refractivity contribution is 4.89. The number of rotatable bonds is 15. The van der Waals surface area contributed by atoms with Crippen LogP contribution in [0.25, 0.3) is 0 Å². The van der Waals surface area contributed by atoms with E-state index in [1.54, 1.807) is 7.11 Å². The molecule has 0 saturated carbocycles. The van der Waals surface area contributed by atoms with Crippen molar-refractivity contribution >= 4 is 0 Å². The molecule has 0 aliphatic rings. The van der Waals surface area contributed by atoms with E-state index < -0.39 is 5.79 Å². The lowest BCUT2D eigenvalue weighted by molar-refractivity contribution is -0.261. The van der Waals surface area contributed by atoms with Gasteiger partial charge in [-0.3, -0.25) is 0 Å². The van der Waals surface area contributed by atoms with Gasteiger partial charge in [0, 0.05) is 26.7 Å². The first kappa shape index (κ1) is 21.6. The highest BCUT2D eigenvalue weighted by atomic mass is 16.7. The molecule has 22 heavy (non-hydrogen) atoms. The van der Waals surface area contributed by atoms with Gasteiger partial charge in [-0.15, -0.1) is 0 Å². The molecule has 3 nitrogen and oxygen atoms in total. The zero-order valence-electron chi connectivity index (χ0n) is 15.5. The molecular weight excluding hydrogens is 276 g/mol. The number of allylic oxidation sites excluding steroid dienone is 2. The Labute approximate surface area is 138 Å². The van der Waals surface area contributed by atoms with E-state index in [4.69, 9.17) is 14.2 Å². The first-order valence-electron chi connectivity index (χ1n) is 9.07. The SMILES string of the molecule is CC=CC(CCCCCCC)CC(COC)(OCC)OCC. The van der Waals surface area contributed by atoms with Crippen molar-refractivity contribution < 1.29 is 14.2 Å². The summed E-state index contributed by atoms with van der Waals surface area (Å²) in [6.07, 6.45) is 13.1. The molecule has 0 amide bonds. The molecule has 0 aromatic heterocycles. The van der Waals surface area contributed by atoms with Gasteiger partial charge in [0.15, 0.2) is 5.79 Å². The molecule has 0 rings (SSSR count). The van der Waals surface area contributed by atoms with E-state index in [0.29, 0.717) is 25.7 Å². The third kappa shape index (κ3) is 9.60. The first-order valence-corrected chi connectivity index (χ1v) is 9.07. The Morgan fingerprint density at radius 1 is 0.955 bits per heavy atom. The van der Waals surface area contributed by atoms with Gasteiger partial charge in [-0.25, -0.2) is 0 Å². The highest BCUT2D eigenvalue weighted by Gasteiger charge is 2.33. The maximum atomic E-state index is 5.95. The molecule has 132 valence electrons. The molecule has 0 heterocycles. The predicted octanol–water partition coefficient (Wildman–Crippen LogP) is 5.35. The topological polar surface area (TPSA) is 27.7 Å². The minimum Gasteiger partial charge on any atom is -0.379 e. The molecule has 1 atom stereocenters. The van der Waals surface area contributed by atoms with Gasteiger partial charge in [0.25, 0.3) is 0 Å². The second-order valence-electron chi connectivity index (χ2n) is 5.90. The minimum absolute atomic E-state index is 0.485. The quantitative estimate of drug-likeness (QED) is 0.232. The van der Waals surface area contributed by atoms with Crippen LogP contribution in [0.2, 0.25) is 0 Å². The van der Waals surface area contributed by atoms with Crippen LogP contribution in [0, 0.1) is 5.92 Å². The predicted molar refractivity (Wildman–Crippen MR) is 94.2 cm³/mol. The third-order valence-electron chi connectivity index (χ3n) is 3.90. The molecule has 3 heteroatoms. The molecular formula is C19H38O3. The summed E-state index contributed by atoms with van der Waals surface area (Å²) in [6.45, 7) is 10.1. The standard InChI is InChI=1S/C19H38O3/c1-6-10-11-12-13-15-18(14-7-2)16-19(17-20-5,21-8-3)22-9-4/h7,14,18H,6,8-13,15-17H2,1-5H3. The lowest BCUT2D eigenvalue weighted by Gasteiger charge is -2.35. The Hall–Kier alpha value is -0.380. The molecule has 1 unspecified atom stereocenters. The fraction of sp³-hybridized carbons (Fsp3) is 0.895. The summed E-state index contributed by atoms with van der Waals surface area (Å²) in [5.41, 5.74) is 0. The molecule has 0 spiro atoms. The van der Waals surface area contributed by atoms with Gasteiger partial charge in [-0.05, 0) is 33.1 Å². The zero-order valence-corrected chi connectivity index (χ0v) is 15.5. The van der Waals surface area contributed by atoms with Crippen LogP contribution in [0.15, 0.2) is 12.2 Å². The lowest BCUT2D eigenvalue weighted by Crippen LogP contribution is -2.42. The monoisotopic (exact) mass is 314 g/mol. The first-order chi connectivity index (χ1) is 10.7. The summed E-state index contributed by atoms with van der Waals surface area (Å²) in [5.74, 6) is -0.119. The van der Waals surface area contributed by atoms with Gasteiger partial charge >= 0.3 is 0 Å². The van der Waals surface area contributed by atoms with Crippen molar-refractivity contribution in [1.29, 1.82) is 0 Å². The Morgan fingerprint density at radius 3 is 2.09 bits per heavy atom. The molecule has 0 aliphatic heterocycles. The summed E-state index contributed by atoms with van der Waals surface area (Å²) in [6, 6.07) is 0. The second kappa shape index (κ2) is 14.2. The van der Waals surface area contributed by atoms with Crippen LogP contribution in [-0.4, -0.2) is 32.7 Å². The van der Waals surface area contributed by atoms with Crippen LogP contribution in [0.1, 0.15) is 72.6 Å². The van der Waals surface area contributed by atoms with E-state index >= 15 is 0 Å². The van der Waals surface area contributed by atoms with Crippen LogP contribution < -0.4 is 0 Å². The van der Waals surface area contributed by atoms with Crippen molar-refractivity contribution in [2.75, 3.05) is 26.9 Å². The van der Waals surface area contributed by atoms with Crippen LogP contribution >= 0.6 is 0 Å².